The lowest BCUT2D eigenvalue weighted by Gasteiger charge is -2.35. The first-order chi connectivity index (χ1) is 15.0. The molecule has 7 heteroatoms. The highest BCUT2D eigenvalue weighted by atomic mass is 79.9. The molecule has 4 rings (SSSR count). The van der Waals surface area contributed by atoms with Gasteiger partial charge < -0.3 is 15.1 Å². The lowest BCUT2D eigenvalue weighted by Crippen LogP contribution is -2.46. The molecule has 1 N–H and O–H groups in total. The molecule has 0 aliphatic carbocycles. The topological polar surface area (TPSA) is 47.5 Å². The molecule has 0 bridgehead atoms. The number of hydrogen-bond donors (Lipinski definition) is 1. The Bertz CT molecular complexity index is 1020. The summed E-state index contributed by atoms with van der Waals surface area (Å²) in [6.07, 6.45) is 0. The molecule has 1 aliphatic rings. The quantitative estimate of drug-likeness (QED) is 0.552. The van der Waals surface area contributed by atoms with Gasteiger partial charge in [-0.25, -0.2) is 0 Å². The van der Waals surface area contributed by atoms with Crippen LogP contribution >= 0.6 is 15.9 Å². The number of benzene rings is 2. The number of halogens is 1. The van der Waals surface area contributed by atoms with Gasteiger partial charge in [0.2, 0.25) is 5.95 Å². The normalized spacial score (nSPS) is 14.5. The predicted octanol–water partition coefficient (Wildman–Crippen LogP) is 4.68. The summed E-state index contributed by atoms with van der Waals surface area (Å²) in [4.78, 5) is 16.4. The number of piperazine rings is 1. The number of aryl methyl sites for hydroxylation is 1. The molecular formula is C24H29BrN6. The lowest BCUT2D eigenvalue weighted by atomic mass is 10.2. The standard InChI is InChI=1S/C24H29BrN6/c1-18-9-10-20(15-21(18)25)26-22-16-23(29(2)3)28-24(27-22)31-13-11-30(12-14-31)17-19-7-5-4-6-8-19/h4-10,15-16H,11-14,17H2,1-3H3,(H,26,27,28). The van der Waals surface area contributed by atoms with Gasteiger partial charge in [-0.05, 0) is 30.2 Å². The molecule has 0 amide bonds. The summed E-state index contributed by atoms with van der Waals surface area (Å²) >= 11 is 3.61. The molecule has 0 atom stereocenters. The van der Waals surface area contributed by atoms with Gasteiger partial charge in [0, 0.05) is 63.0 Å². The fourth-order valence-electron chi connectivity index (χ4n) is 3.62. The Hall–Kier alpha value is -2.64. The Labute approximate surface area is 193 Å². The number of rotatable bonds is 6. The molecule has 2 aromatic carbocycles. The van der Waals surface area contributed by atoms with E-state index in [0.29, 0.717) is 0 Å². The molecule has 2 heterocycles. The van der Waals surface area contributed by atoms with E-state index >= 15 is 0 Å². The first kappa shape index (κ1) is 21.6. The highest BCUT2D eigenvalue weighted by Gasteiger charge is 2.20. The van der Waals surface area contributed by atoms with Gasteiger partial charge in [-0.2, -0.15) is 9.97 Å². The minimum Gasteiger partial charge on any atom is -0.363 e. The molecule has 1 aromatic heterocycles. The molecule has 162 valence electrons. The summed E-state index contributed by atoms with van der Waals surface area (Å²) in [5, 5.41) is 3.44. The summed E-state index contributed by atoms with van der Waals surface area (Å²) < 4.78 is 1.08. The van der Waals surface area contributed by atoms with Gasteiger partial charge in [0.05, 0.1) is 0 Å². The zero-order chi connectivity index (χ0) is 21.8. The van der Waals surface area contributed by atoms with Crippen LogP contribution in [0.4, 0.5) is 23.3 Å². The molecule has 6 nitrogen and oxygen atoms in total. The average Bonchev–Trinajstić information content (AvgIpc) is 2.77. The number of hydrogen-bond acceptors (Lipinski definition) is 6. The Morgan fingerprint density at radius 3 is 2.39 bits per heavy atom. The summed E-state index contributed by atoms with van der Waals surface area (Å²) in [6.45, 7) is 6.90. The van der Waals surface area contributed by atoms with Crippen molar-refractivity contribution in [2.75, 3.05) is 55.4 Å². The summed E-state index contributed by atoms with van der Waals surface area (Å²) in [7, 11) is 4.02. The molecule has 0 spiro atoms. The van der Waals surface area contributed by atoms with E-state index in [2.05, 4.69) is 86.5 Å². The Morgan fingerprint density at radius 1 is 0.968 bits per heavy atom. The number of aromatic nitrogens is 2. The van der Waals surface area contributed by atoms with E-state index in [-0.39, 0.29) is 0 Å². The number of anilines is 4. The molecule has 0 saturated carbocycles. The van der Waals surface area contributed by atoms with Crippen LogP contribution in [-0.2, 0) is 6.54 Å². The monoisotopic (exact) mass is 480 g/mol. The SMILES string of the molecule is Cc1ccc(Nc2cc(N(C)C)nc(N3CCN(Cc4ccccc4)CC3)n2)cc1Br. The second-order valence-corrected chi connectivity index (χ2v) is 9.00. The smallest absolute Gasteiger partial charge is 0.229 e. The largest absolute Gasteiger partial charge is 0.363 e. The molecule has 0 radical (unpaired) electrons. The van der Waals surface area contributed by atoms with E-state index in [9.17, 15) is 0 Å². The summed E-state index contributed by atoms with van der Waals surface area (Å²) in [5.41, 5.74) is 3.56. The van der Waals surface area contributed by atoms with Crippen molar-refractivity contribution in [3.8, 4) is 0 Å². The Balaban J connectivity index is 1.48. The van der Waals surface area contributed by atoms with Gasteiger partial charge in [-0.1, -0.05) is 52.3 Å². The van der Waals surface area contributed by atoms with Gasteiger partial charge in [0.1, 0.15) is 11.6 Å². The van der Waals surface area contributed by atoms with Gasteiger partial charge >= 0.3 is 0 Å². The van der Waals surface area contributed by atoms with E-state index in [1.165, 1.54) is 11.1 Å². The van der Waals surface area contributed by atoms with Crippen LogP contribution in [0.1, 0.15) is 11.1 Å². The minimum atomic E-state index is 0.777. The third-order valence-corrected chi connectivity index (χ3v) is 6.36. The highest BCUT2D eigenvalue weighted by molar-refractivity contribution is 9.10. The maximum Gasteiger partial charge on any atom is 0.229 e. The molecule has 1 saturated heterocycles. The van der Waals surface area contributed by atoms with Crippen molar-refractivity contribution in [3.63, 3.8) is 0 Å². The Kier molecular flexibility index (Phi) is 6.73. The Morgan fingerprint density at radius 2 is 1.71 bits per heavy atom. The van der Waals surface area contributed by atoms with Crippen molar-refractivity contribution in [2.45, 2.75) is 13.5 Å². The van der Waals surface area contributed by atoms with Crippen LogP contribution in [0.15, 0.2) is 59.1 Å². The van der Waals surface area contributed by atoms with Crippen LogP contribution in [0.3, 0.4) is 0 Å². The molecule has 0 unspecified atom stereocenters. The average molecular weight is 481 g/mol. The maximum absolute atomic E-state index is 4.84. The van der Waals surface area contributed by atoms with Crippen molar-refractivity contribution in [1.82, 2.24) is 14.9 Å². The van der Waals surface area contributed by atoms with Crippen LogP contribution in [0.25, 0.3) is 0 Å². The van der Waals surface area contributed by atoms with E-state index < -0.39 is 0 Å². The summed E-state index contributed by atoms with van der Waals surface area (Å²) in [5.74, 6) is 2.47. The van der Waals surface area contributed by atoms with E-state index in [1.807, 2.05) is 25.1 Å². The van der Waals surface area contributed by atoms with Crippen molar-refractivity contribution in [1.29, 1.82) is 0 Å². The van der Waals surface area contributed by atoms with Crippen molar-refractivity contribution >= 4 is 39.2 Å². The van der Waals surface area contributed by atoms with Gasteiger partial charge in [-0.3, -0.25) is 4.90 Å². The molecule has 31 heavy (non-hydrogen) atoms. The minimum absolute atomic E-state index is 0.777. The van der Waals surface area contributed by atoms with E-state index in [1.54, 1.807) is 0 Å². The fourth-order valence-corrected chi connectivity index (χ4v) is 4.00. The second-order valence-electron chi connectivity index (χ2n) is 8.14. The predicted molar refractivity (Wildman–Crippen MR) is 132 cm³/mol. The highest BCUT2D eigenvalue weighted by Crippen LogP contribution is 2.26. The number of nitrogens with one attached hydrogen (secondary N) is 1. The third-order valence-electron chi connectivity index (χ3n) is 5.51. The van der Waals surface area contributed by atoms with Crippen LogP contribution in [0.2, 0.25) is 0 Å². The first-order valence-corrected chi connectivity index (χ1v) is 11.4. The van der Waals surface area contributed by atoms with E-state index in [4.69, 9.17) is 9.97 Å². The lowest BCUT2D eigenvalue weighted by molar-refractivity contribution is 0.249. The van der Waals surface area contributed by atoms with Gasteiger partial charge in [-0.15, -0.1) is 0 Å². The molecule has 1 fully saturated rings. The second kappa shape index (κ2) is 9.66. The van der Waals surface area contributed by atoms with Crippen molar-refractivity contribution in [3.05, 3.63) is 70.2 Å². The molecule has 3 aromatic rings. The van der Waals surface area contributed by atoms with E-state index in [0.717, 1.165) is 60.5 Å². The van der Waals surface area contributed by atoms with Crippen LogP contribution in [0, 0.1) is 6.92 Å². The van der Waals surface area contributed by atoms with Crippen molar-refractivity contribution in [2.24, 2.45) is 0 Å². The summed E-state index contributed by atoms with van der Waals surface area (Å²) in [6, 6.07) is 18.9. The van der Waals surface area contributed by atoms with Gasteiger partial charge in [0.15, 0.2) is 0 Å². The van der Waals surface area contributed by atoms with Crippen LogP contribution in [-0.4, -0.2) is 55.1 Å². The first-order valence-electron chi connectivity index (χ1n) is 10.6. The maximum atomic E-state index is 4.84. The molecular weight excluding hydrogens is 452 g/mol. The zero-order valence-electron chi connectivity index (χ0n) is 18.3. The van der Waals surface area contributed by atoms with Gasteiger partial charge in [0.25, 0.3) is 0 Å². The van der Waals surface area contributed by atoms with Crippen LogP contribution in [0.5, 0.6) is 0 Å². The zero-order valence-corrected chi connectivity index (χ0v) is 19.9. The third kappa shape index (κ3) is 5.54. The fraction of sp³-hybridized carbons (Fsp3) is 0.333. The van der Waals surface area contributed by atoms with Crippen LogP contribution < -0.4 is 15.1 Å². The van der Waals surface area contributed by atoms with Crippen molar-refractivity contribution < 1.29 is 0 Å². The molecule has 1 aliphatic heterocycles. The number of nitrogens with zero attached hydrogens (tertiary/aromatic N) is 5.